The molecule has 1 saturated carbocycles. The summed E-state index contributed by atoms with van der Waals surface area (Å²) in [4.78, 5) is 4.08. The van der Waals surface area contributed by atoms with E-state index < -0.39 is 0 Å². The molecule has 4 heteroatoms. The molecule has 16 heavy (non-hydrogen) atoms. The van der Waals surface area contributed by atoms with Gasteiger partial charge in [-0.25, -0.2) is 4.98 Å². The van der Waals surface area contributed by atoms with Crippen molar-refractivity contribution in [3.8, 4) is 0 Å². The van der Waals surface area contributed by atoms with E-state index >= 15 is 0 Å². The third-order valence-electron chi connectivity index (χ3n) is 3.20. The number of hydrogen-bond acceptors (Lipinski definition) is 4. The summed E-state index contributed by atoms with van der Waals surface area (Å²) in [7, 11) is 0. The van der Waals surface area contributed by atoms with Gasteiger partial charge in [-0.15, -0.1) is 0 Å². The van der Waals surface area contributed by atoms with Crippen molar-refractivity contribution in [3.63, 3.8) is 0 Å². The zero-order valence-electron chi connectivity index (χ0n) is 9.02. The van der Waals surface area contributed by atoms with Gasteiger partial charge in [0.1, 0.15) is 5.52 Å². The maximum absolute atomic E-state index is 5.75. The normalized spacial score (nSPS) is 24.3. The number of nitrogens with one attached hydrogen (secondary N) is 1. The molecule has 0 bridgehead atoms. The minimum absolute atomic E-state index is 0.420. The molecule has 1 heterocycles. The lowest BCUT2D eigenvalue weighted by atomic mass is 9.81. The Morgan fingerprint density at radius 2 is 2.31 bits per heavy atom. The molecule has 84 valence electrons. The van der Waals surface area contributed by atoms with Gasteiger partial charge in [0.15, 0.2) is 12.0 Å². The number of fused-ring (bicyclic) bond motifs is 1. The second-order valence-corrected chi connectivity index (χ2v) is 4.51. The molecule has 4 nitrogen and oxygen atoms in total. The SMILES string of the molecule is NC1CC(CNc2ccc3ncoc3c2)C1. The minimum Gasteiger partial charge on any atom is -0.443 e. The molecule has 2 aromatic rings. The van der Waals surface area contributed by atoms with Crippen molar-refractivity contribution in [3.05, 3.63) is 24.6 Å². The fourth-order valence-corrected chi connectivity index (χ4v) is 2.18. The van der Waals surface area contributed by atoms with E-state index in [1.807, 2.05) is 18.2 Å². The molecule has 1 aliphatic rings. The van der Waals surface area contributed by atoms with Crippen LogP contribution in [0.5, 0.6) is 0 Å². The Bertz CT molecular complexity index is 488. The van der Waals surface area contributed by atoms with Crippen molar-refractivity contribution in [2.45, 2.75) is 18.9 Å². The summed E-state index contributed by atoms with van der Waals surface area (Å²) in [5, 5.41) is 3.41. The highest BCUT2D eigenvalue weighted by atomic mass is 16.3. The maximum atomic E-state index is 5.75. The number of nitrogens with zero attached hydrogens (tertiary/aromatic N) is 1. The smallest absolute Gasteiger partial charge is 0.181 e. The molecule has 1 aliphatic carbocycles. The van der Waals surface area contributed by atoms with Gasteiger partial charge in [0.05, 0.1) is 0 Å². The molecule has 1 aromatic carbocycles. The van der Waals surface area contributed by atoms with Crippen LogP contribution >= 0.6 is 0 Å². The van der Waals surface area contributed by atoms with Crippen LogP contribution in [-0.2, 0) is 0 Å². The van der Waals surface area contributed by atoms with Gasteiger partial charge in [-0.3, -0.25) is 0 Å². The van der Waals surface area contributed by atoms with Gasteiger partial charge in [0, 0.05) is 24.3 Å². The molecule has 0 aliphatic heterocycles. The summed E-state index contributed by atoms with van der Waals surface area (Å²) in [5.74, 6) is 0.723. The van der Waals surface area contributed by atoms with E-state index in [0.29, 0.717) is 6.04 Å². The summed E-state index contributed by atoms with van der Waals surface area (Å²) in [6.45, 7) is 0.993. The Morgan fingerprint density at radius 1 is 1.44 bits per heavy atom. The Labute approximate surface area is 93.8 Å². The highest BCUT2D eigenvalue weighted by Crippen LogP contribution is 2.26. The first-order chi connectivity index (χ1) is 7.81. The van der Waals surface area contributed by atoms with Gasteiger partial charge in [-0.2, -0.15) is 0 Å². The van der Waals surface area contributed by atoms with Crippen molar-refractivity contribution in [2.75, 3.05) is 11.9 Å². The fraction of sp³-hybridized carbons (Fsp3) is 0.417. The zero-order chi connectivity index (χ0) is 11.0. The van der Waals surface area contributed by atoms with Crippen molar-refractivity contribution in [1.29, 1.82) is 0 Å². The molecule has 0 spiro atoms. The molecule has 0 unspecified atom stereocenters. The molecular weight excluding hydrogens is 202 g/mol. The van der Waals surface area contributed by atoms with E-state index in [0.717, 1.165) is 42.1 Å². The maximum Gasteiger partial charge on any atom is 0.181 e. The lowest BCUT2D eigenvalue weighted by molar-refractivity contribution is 0.280. The van der Waals surface area contributed by atoms with Gasteiger partial charge >= 0.3 is 0 Å². The summed E-state index contributed by atoms with van der Waals surface area (Å²) < 4.78 is 5.25. The predicted octanol–water partition coefficient (Wildman–Crippen LogP) is 1.98. The molecule has 0 atom stereocenters. The molecule has 1 aromatic heterocycles. The standard InChI is InChI=1S/C12H15N3O/c13-9-3-8(4-9)6-14-10-1-2-11-12(5-10)16-7-15-11/h1-2,5,7-9,14H,3-4,6,13H2. The Kier molecular flexibility index (Phi) is 2.29. The average Bonchev–Trinajstić information content (AvgIpc) is 2.69. The molecule has 0 radical (unpaired) electrons. The quantitative estimate of drug-likeness (QED) is 0.825. The summed E-state index contributed by atoms with van der Waals surface area (Å²) >= 11 is 0. The van der Waals surface area contributed by atoms with Gasteiger partial charge < -0.3 is 15.5 Å². The molecule has 0 amide bonds. The van der Waals surface area contributed by atoms with E-state index in [2.05, 4.69) is 10.3 Å². The Morgan fingerprint density at radius 3 is 3.12 bits per heavy atom. The molecular formula is C12H15N3O. The molecule has 1 fully saturated rings. The van der Waals surface area contributed by atoms with Crippen LogP contribution in [0.4, 0.5) is 5.69 Å². The van der Waals surface area contributed by atoms with Gasteiger partial charge in [-0.1, -0.05) is 0 Å². The largest absolute Gasteiger partial charge is 0.443 e. The van der Waals surface area contributed by atoms with Gasteiger partial charge in [-0.05, 0) is 30.9 Å². The molecule has 3 N–H and O–H groups in total. The molecule has 3 rings (SSSR count). The van der Waals surface area contributed by atoms with Crippen LogP contribution in [0.15, 0.2) is 29.0 Å². The Hall–Kier alpha value is -1.55. The minimum atomic E-state index is 0.420. The van der Waals surface area contributed by atoms with Crippen molar-refractivity contribution in [1.82, 2.24) is 4.98 Å². The number of benzene rings is 1. The lowest BCUT2D eigenvalue weighted by Gasteiger charge is -2.32. The number of oxazole rings is 1. The second-order valence-electron chi connectivity index (χ2n) is 4.51. The van der Waals surface area contributed by atoms with Crippen LogP contribution in [0.3, 0.4) is 0 Å². The number of aromatic nitrogens is 1. The van der Waals surface area contributed by atoms with Gasteiger partial charge in [0.2, 0.25) is 0 Å². The first-order valence-corrected chi connectivity index (χ1v) is 5.64. The topological polar surface area (TPSA) is 64.1 Å². The van der Waals surface area contributed by atoms with E-state index in [1.165, 1.54) is 6.39 Å². The number of hydrogen-bond donors (Lipinski definition) is 2. The predicted molar refractivity (Wildman–Crippen MR) is 63.2 cm³/mol. The van der Waals surface area contributed by atoms with Crippen LogP contribution in [0.25, 0.3) is 11.1 Å². The average molecular weight is 217 g/mol. The van der Waals surface area contributed by atoms with E-state index in [4.69, 9.17) is 10.2 Å². The van der Waals surface area contributed by atoms with Crippen molar-refractivity contribution >= 4 is 16.8 Å². The highest BCUT2D eigenvalue weighted by Gasteiger charge is 2.25. The fourth-order valence-electron chi connectivity index (χ4n) is 2.18. The van der Waals surface area contributed by atoms with Crippen LogP contribution in [0, 0.1) is 5.92 Å². The van der Waals surface area contributed by atoms with Crippen molar-refractivity contribution in [2.24, 2.45) is 11.7 Å². The van der Waals surface area contributed by atoms with E-state index in [1.54, 1.807) is 0 Å². The first kappa shape index (κ1) is 9.66. The monoisotopic (exact) mass is 217 g/mol. The van der Waals surface area contributed by atoms with Crippen molar-refractivity contribution < 1.29 is 4.42 Å². The number of anilines is 1. The third-order valence-corrected chi connectivity index (χ3v) is 3.20. The molecule has 0 saturated heterocycles. The second kappa shape index (κ2) is 3.79. The number of rotatable bonds is 3. The van der Waals surface area contributed by atoms with Crippen LogP contribution in [0.1, 0.15) is 12.8 Å². The van der Waals surface area contributed by atoms with Gasteiger partial charge in [0.25, 0.3) is 0 Å². The third kappa shape index (κ3) is 1.76. The summed E-state index contributed by atoms with van der Waals surface area (Å²) in [5.41, 5.74) is 8.56. The van der Waals surface area contributed by atoms with Crippen LogP contribution in [0.2, 0.25) is 0 Å². The lowest BCUT2D eigenvalue weighted by Crippen LogP contribution is -2.39. The van der Waals surface area contributed by atoms with Crippen LogP contribution < -0.4 is 11.1 Å². The number of nitrogens with two attached hydrogens (primary N) is 1. The zero-order valence-corrected chi connectivity index (χ0v) is 9.02. The highest BCUT2D eigenvalue weighted by molar-refractivity contribution is 5.76. The first-order valence-electron chi connectivity index (χ1n) is 5.64. The van der Waals surface area contributed by atoms with Crippen LogP contribution in [-0.4, -0.2) is 17.6 Å². The Balaban J connectivity index is 1.65. The van der Waals surface area contributed by atoms with E-state index in [9.17, 15) is 0 Å². The summed E-state index contributed by atoms with van der Waals surface area (Å²) in [6.07, 6.45) is 3.74. The summed E-state index contributed by atoms with van der Waals surface area (Å²) in [6, 6.07) is 6.40. The van der Waals surface area contributed by atoms with E-state index in [-0.39, 0.29) is 0 Å².